The first-order valence-corrected chi connectivity index (χ1v) is 18.1. The van der Waals surface area contributed by atoms with Crippen LogP contribution >= 0.6 is 0 Å². The molecule has 3 aromatic carbocycles. The zero-order chi connectivity index (χ0) is 25.0. The Morgan fingerprint density at radius 3 is 1.66 bits per heavy atom. The van der Waals surface area contributed by atoms with Gasteiger partial charge in [-0.25, -0.2) is 5.57 Å². The molecule has 0 radical (unpaired) electrons. The molecule has 0 bridgehead atoms. The predicted octanol–water partition coefficient (Wildman–Crippen LogP) is 3.28. The Labute approximate surface area is 242 Å². The van der Waals surface area contributed by atoms with Gasteiger partial charge in [-0.15, -0.1) is 53.6 Å². The summed E-state index contributed by atoms with van der Waals surface area (Å²) in [5.74, 6) is 0.560. The molecule has 4 rings (SSSR count). The van der Waals surface area contributed by atoms with Gasteiger partial charge in [0.25, 0.3) is 0 Å². The molecule has 4 heteroatoms. The van der Waals surface area contributed by atoms with E-state index in [0.29, 0.717) is 5.92 Å². The number of hydrogen-bond acceptors (Lipinski definition) is 0. The Kier molecular flexibility index (Phi) is 14.5. The van der Waals surface area contributed by atoms with E-state index in [4.69, 9.17) is 0 Å². The second-order valence-corrected chi connectivity index (χ2v) is 19.0. The van der Waals surface area contributed by atoms with Gasteiger partial charge >= 0.3 is 41.9 Å². The first-order chi connectivity index (χ1) is 15.4. The smallest absolute Gasteiger partial charge is 0.0392 e. The Balaban J connectivity index is 0.000000649. The van der Waals surface area contributed by atoms with Gasteiger partial charge in [-0.3, -0.25) is 6.08 Å². The van der Waals surface area contributed by atoms with E-state index < -0.39 is 0 Å². The van der Waals surface area contributed by atoms with Gasteiger partial charge in [0, 0.05) is 0 Å². The number of hydrogen-bond donors (Lipinski definition) is 0. The van der Waals surface area contributed by atoms with Crippen LogP contribution in [-0.2, 0) is 23.3 Å². The second kappa shape index (κ2) is 14.8. The van der Waals surface area contributed by atoms with Crippen molar-refractivity contribution >= 4 is 16.2 Å². The maximum atomic E-state index is 3.36. The first kappa shape index (κ1) is 34.2. The van der Waals surface area contributed by atoms with Crippen molar-refractivity contribution in [3.05, 3.63) is 87.0 Å². The molecule has 1 aliphatic rings. The molecule has 0 spiro atoms. The second-order valence-electron chi connectivity index (χ2n) is 9.63. The number of fused-ring (bicyclic) bond motifs is 1. The van der Waals surface area contributed by atoms with E-state index in [-0.39, 0.29) is 30.2 Å². The molecule has 1 aliphatic carbocycles. The predicted molar refractivity (Wildman–Crippen MR) is 146 cm³/mol. The van der Waals surface area contributed by atoms with Crippen molar-refractivity contribution in [1.82, 2.24) is 0 Å². The summed E-state index contributed by atoms with van der Waals surface area (Å²) in [7, 11) is 0. The zero-order valence-electron chi connectivity index (χ0n) is 23.3. The van der Waals surface area contributed by atoms with Gasteiger partial charge in [0.05, 0.1) is 0 Å². The summed E-state index contributed by atoms with van der Waals surface area (Å²) in [5.41, 5.74) is 14.4. The fourth-order valence-corrected chi connectivity index (χ4v) is 4.43. The molecule has 35 heavy (non-hydrogen) atoms. The Morgan fingerprint density at radius 1 is 0.800 bits per heavy atom. The van der Waals surface area contributed by atoms with Crippen molar-refractivity contribution < 1.29 is 48.1 Å². The number of allylic oxidation sites excluding steroid dienone is 4. The van der Waals surface area contributed by atoms with Crippen LogP contribution in [0.4, 0.5) is 0 Å². The minimum atomic E-state index is 0. The van der Waals surface area contributed by atoms with Crippen LogP contribution in [0.2, 0.25) is 13.1 Å². The van der Waals surface area contributed by atoms with Crippen LogP contribution in [0.15, 0.2) is 53.1 Å². The molecule has 0 saturated heterocycles. The fourth-order valence-electron chi connectivity index (χ4n) is 4.43. The van der Waals surface area contributed by atoms with Crippen LogP contribution in [0, 0.1) is 46.6 Å². The minimum absolute atomic E-state index is 0. The van der Waals surface area contributed by atoms with E-state index in [1.807, 2.05) is 0 Å². The number of benzene rings is 2. The van der Waals surface area contributed by atoms with Gasteiger partial charge in [-0.05, 0) is 62.4 Å². The third kappa shape index (κ3) is 8.10. The molecule has 0 aliphatic heterocycles. The molecule has 0 saturated carbocycles. The minimum Gasteiger partial charge on any atom is -1.00 e. The van der Waals surface area contributed by atoms with Crippen molar-refractivity contribution in [3.8, 4) is 11.1 Å². The number of rotatable bonds is 1. The SMILES string of the molecule is CC1=[C-]C(C)C(C)=C1C.C[Si](C)=[Zr+2].Cc1c(C)c(C)c(-c2c[cH-]c3ccccc23)c(C)c1C.[Cl-].[Cl-]. The van der Waals surface area contributed by atoms with Crippen LogP contribution in [0.5, 0.6) is 0 Å². The Morgan fingerprint density at radius 2 is 1.26 bits per heavy atom. The third-order valence-corrected chi connectivity index (χ3v) is 7.19. The van der Waals surface area contributed by atoms with Crippen LogP contribution in [0.1, 0.15) is 55.5 Å². The summed E-state index contributed by atoms with van der Waals surface area (Å²) in [6.45, 7) is 24.5. The van der Waals surface area contributed by atoms with Gasteiger partial charge < -0.3 is 24.8 Å². The molecule has 0 fully saturated rings. The van der Waals surface area contributed by atoms with Crippen molar-refractivity contribution in [1.29, 1.82) is 0 Å². The summed E-state index contributed by atoms with van der Waals surface area (Å²) in [4.78, 5) is 0. The number of halogens is 2. The molecular weight excluding hydrogens is 563 g/mol. The quantitative estimate of drug-likeness (QED) is 0.297. The summed E-state index contributed by atoms with van der Waals surface area (Å²) >= 11 is 1.74. The standard InChI is InChI=1S/C20H21.C9H13.C2H6Si.2ClH.Zr/c1-12-13(2)15(4)20(16(5)14(12)3)19-11-10-17-8-6-7-9-18(17)19;1-6-5-7(2)9(4)8(6)3;1-3-2;;;/h6-11H,1-5H3;6H,1-4H3;1-2H3;2*1H;/q2*-1;;;;+2/p-2. The molecule has 0 amide bonds. The molecule has 1 atom stereocenters. The Hall–Kier alpha value is -0.790. The molecule has 188 valence electrons. The van der Waals surface area contributed by atoms with E-state index in [1.54, 1.807) is 23.3 Å². The monoisotopic (exact) mass is 600 g/mol. The molecule has 0 N–H and O–H groups in total. The van der Waals surface area contributed by atoms with E-state index in [2.05, 4.69) is 118 Å². The topological polar surface area (TPSA) is 0 Å². The maximum Gasteiger partial charge on any atom is -0.0392 e. The van der Waals surface area contributed by atoms with E-state index in [0.717, 1.165) is 0 Å². The molecule has 0 aromatic heterocycles. The summed E-state index contributed by atoms with van der Waals surface area (Å²) < 4.78 is 0. The summed E-state index contributed by atoms with van der Waals surface area (Å²) in [6, 6.07) is 13.2. The van der Waals surface area contributed by atoms with Crippen LogP contribution in [-0.4, -0.2) is 5.43 Å². The van der Waals surface area contributed by atoms with Crippen molar-refractivity contribution in [2.45, 2.75) is 75.4 Å². The van der Waals surface area contributed by atoms with Gasteiger partial charge in [0.1, 0.15) is 0 Å². The first-order valence-electron chi connectivity index (χ1n) is 11.9. The van der Waals surface area contributed by atoms with E-state index in [1.165, 1.54) is 66.4 Å². The molecule has 1 unspecified atom stereocenters. The molecule has 0 heterocycles. The van der Waals surface area contributed by atoms with Crippen molar-refractivity contribution in [2.75, 3.05) is 0 Å². The molecule has 3 aromatic rings. The van der Waals surface area contributed by atoms with Gasteiger partial charge in [0.2, 0.25) is 0 Å². The molecule has 0 nitrogen and oxygen atoms in total. The van der Waals surface area contributed by atoms with Crippen LogP contribution in [0.25, 0.3) is 21.9 Å². The Bertz CT molecular complexity index is 1210. The van der Waals surface area contributed by atoms with Crippen molar-refractivity contribution in [2.24, 2.45) is 5.92 Å². The fraction of sp³-hybridized carbons (Fsp3) is 0.387. The van der Waals surface area contributed by atoms with E-state index in [9.17, 15) is 0 Å². The summed E-state index contributed by atoms with van der Waals surface area (Å²) in [5, 5.41) is 2.69. The van der Waals surface area contributed by atoms with Gasteiger partial charge in [-0.2, -0.15) is 11.1 Å². The van der Waals surface area contributed by atoms with Crippen molar-refractivity contribution in [3.63, 3.8) is 0 Å². The normalized spacial score (nSPS) is 14.2. The average Bonchev–Trinajstić information content (AvgIpc) is 3.28. The van der Waals surface area contributed by atoms with Crippen LogP contribution < -0.4 is 24.8 Å². The van der Waals surface area contributed by atoms with Gasteiger partial charge in [-0.1, -0.05) is 38.3 Å². The molecular formula is C31H40Cl2SiZr-2. The largest absolute Gasteiger partial charge is 1.00 e. The zero-order valence-corrected chi connectivity index (χ0v) is 28.3. The summed E-state index contributed by atoms with van der Waals surface area (Å²) in [6.07, 6.45) is 3.36. The van der Waals surface area contributed by atoms with E-state index >= 15 is 0 Å². The van der Waals surface area contributed by atoms with Gasteiger partial charge in [0.15, 0.2) is 0 Å². The average molecular weight is 603 g/mol. The third-order valence-electron chi connectivity index (χ3n) is 7.19. The van der Waals surface area contributed by atoms with Crippen LogP contribution in [0.3, 0.4) is 0 Å². The maximum absolute atomic E-state index is 3.36.